The number of hydrogen-bond donors (Lipinski definition) is 1. The first-order valence-electron chi connectivity index (χ1n) is 10.1. The summed E-state index contributed by atoms with van der Waals surface area (Å²) in [4.78, 5) is 39.9. The van der Waals surface area contributed by atoms with Crippen LogP contribution in [0.25, 0.3) is 0 Å². The van der Waals surface area contributed by atoms with Crippen molar-refractivity contribution in [2.75, 3.05) is 22.5 Å². The molecule has 6 heteroatoms. The quantitative estimate of drug-likeness (QED) is 0.450. The summed E-state index contributed by atoms with van der Waals surface area (Å²) in [5.74, 6) is -0.0607. The van der Waals surface area contributed by atoms with Gasteiger partial charge in [0.2, 0.25) is 5.91 Å². The average molecular weight is 431 g/mol. The van der Waals surface area contributed by atoms with E-state index in [1.807, 2.05) is 35.2 Å². The van der Waals surface area contributed by atoms with Gasteiger partial charge in [-0.2, -0.15) is 0 Å². The molecule has 2 amide bonds. The van der Waals surface area contributed by atoms with Crippen molar-refractivity contribution in [1.82, 2.24) is 0 Å². The summed E-state index contributed by atoms with van der Waals surface area (Å²) in [6, 6.07) is 22.0. The topological polar surface area (TPSA) is 66.5 Å². The van der Waals surface area contributed by atoms with E-state index in [2.05, 4.69) is 11.4 Å². The fourth-order valence-electron chi connectivity index (χ4n) is 3.61. The second-order valence-electron chi connectivity index (χ2n) is 7.30. The highest BCUT2D eigenvalue weighted by atomic mass is 32.2. The molecular weight excluding hydrogens is 408 g/mol. The van der Waals surface area contributed by atoms with Crippen LogP contribution in [-0.2, 0) is 11.2 Å². The van der Waals surface area contributed by atoms with Crippen LogP contribution in [0.15, 0.2) is 77.7 Å². The third-order valence-electron chi connectivity index (χ3n) is 5.20. The van der Waals surface area contributed by atoms with E-state index < -0.39 is 0 Å². The molecule has 1 heterocycles. The monoisotopic (exact) mass is 430 g/mol. The number of amides is 2. The number of nitrogens with zero attached hydrogens (tertiary/aromatic N) is 1. The van der Waals surface area contributed by atoms with Crippen LogP contribution in [-0.4, -0.2) is 29.9 Å². The highest BCUT2D eigenvalue weighted by Crippen LogP contribution is 2.30. The smallest absolute Gasteiger partial charge is 0.256 e. The van der Waals surface area contributed by atoms with Crippen molar-refractivity contribution in [2.45, 2.75) is 18.2 Å². The lowest BCUT2D eigenvalue weighted by Crippen LogP contribution is -2.30. The van der Waals surface area contributed by atoms with Gasteiger partial charge in [-0.15, -0.1) is 11.8 Å². The third-order valence-corrected chi connectivity index (χ3v) is 6.26. The van der Waals surface area contributed by atoms with Gasteiger partial charge in [0.05, 0.1) is 11.3 Å². The van der Waals surface area contributed by atoms with E-state index in [4.69, 9.17) is 0 Å². The summed E-state index contributed by atoms with van der Waals surface area (Å²) >= 11 is 1.36. The molecule has 0 aromatic heterocycles. The molecule has 0 atom stereocenters. The fraction of sp³-hybridized carbons (Fsp3) is 0.160. The van der Waals surface area contributed by atoms with Crippen LogP contribution in [0.2, 0.25) is 0 Å². The number of nitrogens with one attached hydrogen (secondary N) is 1. The SMILES string of the molecule is CC(=O)c1cccc(NC(=O)c2ccccc2SCC(=O)N2CCc3ccccc32)c1. The Labute approximate surface area is 185 Å². The Morgan fingerprint density at radius 3 is 2.58 bits per heavy atom. The number of anilines is 2. The lowest BCUT2D eigenvalue weighted by Gasteiger charge is -2.17. The van der Waals surface area contributed by atoms with Crippen molar-refractivity contribution in [2.24, 2.45) is 0 Å². The number of Topliss-reactive ketones (excluding diaryl/α,β-unsaturated/α-hetero) is 1. The second kappa shape index (κ2) is 9.18. The van der Waals surface area contributed by atoms with E-state index in [9.17, 15) is 14.4 Å². The number of benzene rings is 3. The fourth-order valence-corrected chi connectivity index (χ4v) is 4.54. The lowest BCUT2D eigenvalue weighted by molar-refractivity contribution is -0.116. The molecule has 1 N–H and O–H groups in total. The minimum atomic E-state index is -0.275. The van der Waals surface area contributed by atoms with E-state index in [1.165, 1.54) is 24.2 Å². The first-order chi connectivity index (χ1) is 15.0. The normalized spacial score (nSPS) is 12.4. The van der Waals surface area contributed by atoms with Crippen LogP contribution in [0.4, 0.5) is 11.4 Å². The maximum atomic E-state index is 12.9. The number of ketones is 1. The molecule has 0 aliphatic carbocycles. The van der Waals surface area contributed by atoms with Crippen molar-refractivity contribution in [3.63, 3.8) is 0 Å². The molecule has 0 saturated carbocycles. The van der Waals surface area contributed by atoms with Crippen LogP contribution >= 0.6 is 11.8 Å². The molecule has 0 bridgehead atoms. The highest BCUT2D eigenvalue weighted by Gasteiger charge is 2.24. The third kappa shape index (κ3) is 4.70. The maximum Gasteiger partial charge on any atom is 0.256 e. The van der Waals surface area contributed by atoms with Gasteiger partial charge in [0.1, 0.15) is 0 Å². The Kier molecular flexibility index (Phi) is 6.18. The van der Waals surface area contributed by atoms with Crippen LogP contribution in [0, 0.1) is 0 Å². The molecule has 1 aliphatic rings. The molecule has 0 fully saturated rings. The van der Waals surface area contributed by atoms with Crippen LogP contribution in [0.3, 0.4) is 0 Å². The van der Waals surface area contributed by atoms with Crippen molar-refractivity contribution in [3.05, 3.63) is 89.5 Å². The zero-order valence-electron chi connectivity index (χ0n) is 17.1. The number of fused-ring (bicyclic) bond motifs is 1. The Morgan fingerprint density at radius 1 is 0.968 bits per heavy atom. The standard InChI is InChI=1S/C25H22N2O3S/c1-17(28)19-8-6-9-20(15-19)26-25(30)21-10-3-5-12-23(21)31-16-24(29)27-14-13-18-7-2-4-11-22(18)27/h2-12,15H,13-14,16H2,1H3,(H,26,30). The molecule has 0 spiro atoms. The number of para-hydroxylation sites is 1. The Balaban J connectivity index is 1.45. The Hall–Kier alpha value is -3.38. The van der Waals surface area contributed by atoms with Crippen molar-refractivity contribution in [1.29, 1.82) is 0 Å². The predicted octanol–water partition coefficient (Wildman–Crippen LogP) is 4.82. The van der Waals surface area contributed by atoms with Crippen molar-refractivity contribution in [3.8, 4) is 0 Å². The van der Waals surface area contributed by atoms with E-state index in [1.54, 1.807) is 36.4 Å². The summed E-state index contributed by atoms with van der Waals surface area (Å²) < 4.78 is 0. The van der Waals surface area contributed by atoms with E-state index in [-0.39, 0.29) is 23.4 Å². The van der Waals surface area contributed by atoms with Crippen molar-refractivity contribution >= 4 is 40.7 Å². The number of carbonyl (C=O) groups is 3. The van der Waals surface area contributed by atoms with Gasteiger partial charge in [-0.25, -0.2) is 0 Å². The van der Waals surface area contributed by atoms with E-state index >= 15 is 0 Å². The molecule has 31 heavy (non-hydrogen) atoms. The summed E-state index contributed by atoms with van der Waals surface area (Å²) in [7, 11) is 0. The van der Waals surface area contributed by atoms with Gasteiger partial charge in [0.15, 0.2) is 5.78 Å². The molecule has 5 nitrogen and oxygen atoms in total. The zero-order valence-corrected chi connectivity index (χ0v) is 17.9. The minimum absolute atomic E-state index is 0.0271. The molecule has 4 rings (SSSR count). The first-order valence-corrected chi connectivity index (χ1v) is 11.0. The highest BCUT2D eigenvalue weighted by molar-refractivity contribution is 8.00. The number of carbonyl (C=O) groups excluding carboxylic acids is 3. The van der Waals surface area contributed by atoms with Gasteiger partial charge in [0, 0.05) is 28.4 Å². The summed E-state index contributed by atoms with van der Waals surface area (Å²) in [5, 5.41) is 2.85. The lowest BCUT2D eigenvalue weighted by atomic mass is 10.1. The van der Waals surface area contributed by atoms with Crippen LogP contribution < -0.4 is 10.2 Å². The molecule has 0 unspecified atom stereocenters. The Morgan fingerprint density at radius 2 is 1.74 bits per heavy atom. The number of rotatable bonds is 6. The molecule has 3 aromatic rings. The second-order valence-corrected chi connectivity index (χ2v) is 8.32. The molecule has 3 aromatic carbocycles. The zero-order chi connectivity index (χ0) is 21.8. The summed E-state index contributed by atoms with van der Waals surface area (Å²) in [5.41, 5.74) is 3.76. The van der Waals surface area contributed by atoms with Crippen molar-refractivity contribution < 1.29 is 14.4 Å². The summed E-state index contributed by atoms with van der Waals surface area (Å²) in [6.07, 6.45) is 0.866. The van der Waals surface area contributed by atoms with E-state index in [0.717, 1.165) is 17.0 Å². The van der Waals surface area contributed by atoms with Gasteiger partial charge in [-0.05, 0) is 49.2 Å². The summed E-state index contributed by atoms with van der Waals surface area (Å²) in [6.45, 7) is 2.18. The van der Waals surface area contributed by atoms with Gasteiger partial charge < -0.3 is 10.2 Å². The molecule has 156 valence electrons. The average Bonchev–Trinajstić information content (AvgIpc) is 3.22. The van der Waals surface area contributed by atoms with Crippen LogP contribution in [0.5, 0.6) is 0 Å². The number of hydrogen-bond acceptors (Lipinski definition) is 4. The van der Waals surface area contributed by atoms with Gasteiger partial charge in [-0.1, -0.05) is 42.5 Å². The Bertz CT molecular complexity index is 1160. The van der Waals surface area contributed by atoms with Gasteiger partial charge in [-0.3, -0.25) is 14.4 Å². The molecular formula is C25H22N2O3S. The maximum absolute atomic E-state index is 12.9. The molecule has 0 saturated heterocycles. The van der Waals surface area contributed by atoms with Gasteiger partial charge in [0.25, 0.3) is 5.91 Å². The van der Waals surface area contributed by atoms with E-state index in [0.29, 0.717) is 23.4 Å². The molecule has 0 radical (unpaired) electrons. The predicted molar refractivity (Wildman–Crippen MR) is 124 cm³/mol. The van der Waals surface area contributed by atoms with Gasteiger partial charge >= 0.3 is 0 Å². The largest absolute Gasteiger partial charge is 0.322 e. The molecule has 1 aliphatic heterocycles. The van der Waals surface area contributed by atoms with Crippen LogP contribution in [0.1, 0.15) is 33.2 Å². The first kappa shape index (κ1) is 20.9. The minimum Gasteiger partial charge on any atom is -0.322 e. The number of thioether (sulfide) groups is 1.